The maximum Gasteiger partial charge on any atom is 0.244 e. The second-order valence-corrected chi connectivity index (χ2v) is 7.41. The average molecular weight is 397 g/mol. The number of aromatic nitrogens is 2. The fourth-order valence-corrected chi connectivity index (χ4v) is 3.27. The second kappa shape index (κ2) is 7.56. The molecular formula is C15H17BrN4O2S. The fourth-order valence-electron chi connectivity index (χ4n) is 1.94. The smallest absolute Gasteiger partial charge is 0.244 e. The van der Waals surface area contributed by atoms with E-state index in [1.54, 1.807) is 10.8 Å². The van der Waals surface area contributed by atoms with Crippen LogP contribution in [0.25, 0.3) is 6.08 Å². The summed E-state index contributed by atoms with van der Waals surface area (Å²) in [6.07, 6.45) is 3.12. The molecule has 0 atom stereocenters. The minimum absolute atomic E-state index is 0.0922. The Kier molecular flexibility index (Phi) is 5.73. The van der Waals surface area contributed by atoms with E-state index in [2.05, 4.69) is 31.7 Å². The fraction of sp³-hybridized carbons (Fsp3) is 0.267. The number of aryl methyl sites for hydroxylation is 2. The zero-order valence-corrected chi connectivity index (χ0v) is 15.4. The number of carbonyl (C=O) groups is 2. The van der Waals surface area contributed by atoms with Gasteiger partial charge in [0, 0.05) is 18.0 Å². The first-order chi connectivity index (χ1) is 10.9. The van der Waals surface area contributed by atoms with Gasteiger partial charge in [0.05, 0.1) is 27.4 Å². The molecule has 0 radical (unpaired) electrons. The molecule has 0 bridgehead atoms. The Morgan fingerprint density at radius 3 is 2.70 bits per heavy atom. The van der Waals surface area contributed by atoms with Crippen LogP contribution in [0.15, 0.2) is 22.0 Å². The summed E-state index contributed by atoms with van der Waals surface area (Å²) in [5, 5.41) is 9.54. The van der Waals surface area contributed by atoms with Crippen molar-refractivity contribution in [2.45, 2.75) is 13.8 Å². The van der Waals surface area contributed by atoms with Crippen LogP contribution in [0, 0.1) is 13.8 Å². The SMILES string of the molecule is Cc1nn(C)c(C)c1NC(=O)CNC(=O)/C=C/c1ccc(Br)s1. The van der Waals surface area contributed by atoms with Crippen molar-refractivity contribution in [2.75, 3.05) is 11.9 Å². The van der Waals surface area contributed by atoms with E-state index in [1.807, 2.05) is 33.0 Å². The van der Waals surface area contributed by atoms with Crippen LogP contribution in [0.1, 0.15) is 16.3 Å². The van der Waals surface area contributed by atoms with E-state index >= 15 is 0 Å². The first kappa shape index (κ1) is 17.4. The second-order valence-electron chi connectivity index (χ2n) is 4.91. The minimum atomic E-state index is -0.315. The number of nitrogens with one attached hydrogen (secondary N) is 2. The molecule has 122 valence electrons. The first-order valence-corrected chi connectivity index (χ1v) is 8.49. The van der Waals surface area contributed by atoms with E-state index in [1.165, 1.54) is 17.4 Å². The van der Waals surface area contributed by atoms with Crippen molar-refractivity contribution < 1.29 is 9.59 Å². The van der Waals surface area contributed by atoms with Gasteiger partial charge in [-0.2, -0.15) is 5.10 Å². The number of anilines is 1. The van der Waals surface area contributed by atoms with Gasteiger partial charge in [0.1, 0.15) is 0 Å². The maximum absolute atomic E-state index is 11.9. The van der Waals surface area contributed by atoms with Crippen molar-refractivity contribution in [3.05, 3.63) is 38.3 Å². The van der Waals surface area contributed by atoms with Gasteiger partial charge in [-0.15, -0.1) is 11.3 Å². The van der Waals surface area contributed by atoms with Crippen LogP contribution in [0.5, 0.6) is 0 Å². The monoisotopic (exact) mass is 396 g/mol. The molecule has 2 rings (SSSR count). The molecule has 0 aliphatic rings. The lowest BCUT2D eigenvalue weighted by molar-refractivity contribution is -0.121. The lowest BCUT2D eigenvalue weighted by atomic mass is 10.3. The molecule has 0 spiro atoms. The van der Waals surface area contributed by atoms with E-state index in [0.717, 1.165) is 20.1 Å². The van der Waals surface area contributed by atoms with Gasteiger partial charge in [-0.25, -0.2) is 0 Å². The highest BCUT2D eigenvalue weighted by atomic mass is 79.9. The molecule has 2 N–H and O–H groups in total. The summed E-state index contributed by atoms with van der Waals surface area (Å²) in [6, 6.07) is 3.81. The molecule has 0 aliphatic carbocycles. The quantitative estimate of drug-likeness (QED) is 0.762. The van der Waals surface area contributed by atoms with Gasteiger partial charge in [-0.05, 0) is 48.0 Å². The number of hydrogen-bond donors (Lipinski definition) is 2. The normalized spacial score (nSPS) is 11.0. The van der Waals surface area contributed by atoms with Crippen LogP contribution < -0.4 is 10.6 Å². The predicted molar refractivity (Wildman–Crippen MR) is 95.4 cm³/mol. The van der Waals surface area contributed by atoms with E-state index < -0.39 is 0 Å². The Hall–Kier alpha value is -1.93. The third-order valence-electron chi connectivity index (χ3n) is 3.19. The van der Waals surface area contributed by atoms with E-state index in [4.69, 9.17) is 0 Å². The molecule has 0 unspecified atom stereocenters. The molecule has 2 aromatic rings. The highest BCUT2D eigenvalue weighted by Gasteiger charge is 2.12. The topological polar surface area (TPSA) is 76.0 Å². The molecule has 0 saturated carbocycles. The molecule has 0 fully saturated rings. The third kappa shape index (κ3) is 4.77. The molecule has 0 saturated heterocycles. The van der Waals surface area contributed by atoms with Crippen LogP contribution >= 0.6 is 27.3 Å². The van der Waals surface area contributed by atoms with Crippen molar-refractivity contribution in [1.29, 1.82) is 0 Å². The van der Waals surface area contributed by atoms with Gasteiger partial charge in [-0.1, -0.05) is 0 Å². The van der Waals surface area contributed by atoms with Crippen molar-refractivity contribution in [2.24, 2.45) is 7.05 Å². The highest BCUT2D eigenvalue weighted by Crippen LogP contribution is 2.22. The lowest BCUT2D eigenvalue weighted by Gasteiger charge is -2.06. The van der Waals surface area contributed by atoms with Crippen molar-refractivity contribution >= 4 is 50.8 Å². The van der Waals surface area contributed by atoms with Gasteiger partial charge < -0.3 is 10.6 Å². The van der Waals surface area contributed by atoms with Crippen LogP contribution in [0.2, 0.25) is 0 Å². The molecule has 2 heterocycles. The summed E-state index contributed by atoms with van der Waals surface area (Å²) in [5.41, 5.74) is 2.30. The van der Waals surface area contributed by atoms with Crippen LogP contribution in [0.4, 0.5) is 5.69 Å². The van der Waals surface area contributed by atoms with Crippen molar-refractivity contribution in [3.8, 4) is 0 Å². The number of rotatable bonds is 5. The Balaban J connectivity index is 1.84. The molecule has 23 heavy (non-hydrogen) atoms. The number of hydrogen-bond acceptors (Lipinski definition) is 4. The summed E-state index contributed by atoms with van der Waals surface area (Å²) >= 11 is 4.88. The Bertz CT molecular complexity index is 764. The van der Waals surface area contributed by atoms with Gasteiger partial charge >= 0.3 is 0 Å². The van der Waals surface area contributed by atoms with Crippen LogP contribution in [-0.2, 0) is 16.6 Å². The average Bonchev–Trinajstić information content (AvgIpc) is 3.02. The summed E-state index contributed by atoms with van der Waals surface area (Å²) < 4.78 is 2.70. The minimum Gasteiger partial charge on any atom is -0.343 e. The van der Waals surface area contributed by atoms with E-state index in [9.17, 15) is 9.59 Å². The number of amides is 2. The molecular weight excluding hydrogens is 380 g/mol. The van der Waals surface area contributed by atoms with Crippen LogP contribution in [0.3, 0.4) is 0 Å². The summed E-state index contributed by atoms with van der Waals surface area (Å²) in [6.45, 7) is 3.60. The summed E-state index contributed by atoms with van der Waals surface area (Å²) in [7, 11) is 1.81. The maximum atomic E-state index is 11.9. The number of thiophene rings is 1. The van der Waals surface area contributed by atoms with E-state index in [-0.39, 0.29) is 18.4 Å². The number of halogens is 1. The van der Waals surface area contributed by atoms with Crippen molar-refractivity contribution in [1.82, 2.24) is 15.1 Å². The molecule has 2 aromatic heterocycles. The summed E-state index contributed by atoms with van der Waals surface area (Å²) in [5.74, 6) is -0.603. The Morgan fingerprint density at radius 2 is 2.13 bits per heavy atom. The standard InChI is InChI=1S/C15H17BrN4O2S/c1-9-15(10(2)20(3)19-9)18-14(22)8-17-13(21)7-5-11-4-6-12(16)23-11/h4-7H,8H2,1-3H3,(H,17,21)(H,18,22)/b7-5+. The van der Waals surface area contributed by atoms with E-state index in [0.29, 0.717) is 5.69 Å². The Labute approximate surface area is 146 Å². The molecule has 2 amide bonds. The number of nitrogens with zero attached hydrogens (tertiary/aromatic N) is 2. The summed E-state index contributed by atoms with van der Waals surface area (Å²) in [4.78, 5) is 24.6. The molecule has 8 heteroatoms. The first-order valence-electron chi connectivity index (χ1n) is 6.88. The Morgan fingerprint density at radius 1 is 1.39 bits per heavy atom. The van der Waals surface area contributed by atoms with Gasteiger partial charge in [0.15, 0.2) is 0 Å². The third-order valence-corrected chi connectivity index (χ3v) is 4.78. The van der Waals surface area contributed by atoms with Crippen LogP contribution in [-0.4, -0.2) is 28.1 Å². The molecule has 0 aliphatic heterocycles. The lowest BCUT2D eigenvalue weighted by Crippen LogP contribution is -2.31. The number of carbonyl (C=O) groups excluding carboxylic acids is 2. The predicted octanol–water partition coefficient (Wildman–Crippen LogP) is 2.63. The zero-order chi connectivity index (χ0) is 17.0. The zero-order valence-electron chi connectivity index (χ0n) is 13.0. The largest absolute Gasteiger partial charge is 0.343 e. The van der Waals surface area contributed by atoms with Gasteiger partial charge in [0.25, 0.3) is 0 Å². The van der Waals surface area contributed by atoms with Crippen molar-refractivity contribution in [3.63, 3.8) is 0 Å². The highest BCUT2D eigenvalue weighted by molar-refractivity contribution is 9.11. The van der Waals surface area contributed by atoms with Gasteiger partial charge in [0.2, 0.25) is 11.8 Å². The molecule has 0 aromatic carbocycles. The molecule has 6 nitrogen and oxygen atoms in total. The van der Waals surface area contributed by atoms with Gasteiger partial charge in [-0.3, -0.25) is 14.3 Å².